The summed E-state index contributed by atoms with van der Waals surface area (Å²) in [5, 5.41) is 3.65. The second kappa shape index (κ2) is 8.98. The Morgan fingerprint density at radius 1 is 1.05 bits per heavy atom. The van der Waals surface area contributed by atoms with E-state index in [0.29, 0.717) is 0 Å². The fourth-order valence-corrected chi connectivity index (χ4v) is 2.77. The minimum absolute atomic E-state index is 0.216. The number of methoxy groups -OCH3 is 2. The van der Waals surface area contributed by atoms with Gasteiger partial charge in [-0.05, 0) is 52.5 Å². The number of nitrogens with zero attached hydrogens (tertiary/aromatic N) is 1. The quantitative estimate of drug-likeness (QED) is 0.624. The van der Waals surface area contributed by atoms with Crippen molar-refractivity contribution >= 4 is 0 Å². The van der Waals surface area contributed by atoms with Gasteiger partial charge in [-0.2, -0.15) is 0 Å². The summed E-state index contributed by atoms with van der Waals surface area (Å²) in [5.41, 5.74) is 0.216. The third-order valence-corrected chi connectivity index (χ3v) is 4.12. The molecular weight excluding hydrogens is 252 g/mol. The van der Waals surface area contributed by atoms with Gasteiger partial charge in [0.1, 0.15) is 0 Å². The molecule has 0 aromatic rings. The molecule has 4 nitrogen and oxygen atoms in total. The van der Waals surface area contributed by atoms with Crippen LogP contribution in [0.15, 0.2) is 0 Å². The Morgan fingerprint density at radius 2 is 1.75 bits per heavy atom. The van der Waals surface area contributed by atoms with E-state index in [-0.39, 0.29) is 5.54 Å². The Balaban J connectivity index is 2.39. The second-order valence-electron chi connectivity index (χ2n) is 6.91. The first-order chi connectivity index (χ1) is 9.48. The lowest BCUT2D eigenvalue weighted by Gasteiger charge is -2.45. The number of hydrogen-bond acceptors (Lipinski definition) is 4. The van der Waals surface area contributed by atoms with Crippen molar-refractivity contribution in [2.24, 2.45) is 5.92 Å². The first kappa shape index (κ1) is 17.9. The molecule has 4 heteroatoms. The largest absolute Gasteiger partial charge is 0.385 e. The lowest BCUT2D eigenvalue weighted by Crippen LogP contribution is -2.53. The van der Waals surface area contributed by atoms with Crippen molar-refractivity contribution in [2.75, 3.05) is 47.1 Å². The highest BCUT2D eigenvalue weighted by molar-refractivity contribution is 4.91. The molecule has 1 rings (SSSR count). The number of hydrogen-bond donors (Lipinski definition) is 1. The van der Waals surface area contributed by atoms with Crippen molar-refractivity contribution in [1.82, 2.24) is 10.2 Å². The molecule has 0 heterocycles. The van der Waals surface area contributed by atoms with Gasteiger partial charge in [0.2, 0.25) is 0 Å². The summed E-state index contributed by atoms with van der Waals surface area (Å²) < 4.78 is 10.4. The zero-order valence-corrected chi connectivity index (χ0v) is 14.1. The van der Waals surface area contributed by atoms with E-state index in [1.165, 1.54) is 12.8 Å². The van der Waals surface area contributed by atoms with Crippen molar-refractivity contribution < 1.29 is 9.47 Å². The van der Waals surface area contributed by atoms with Crippen LogP contribution in [0, 0.1) is 5.92 Å². The van der Waals surface area contributed by atoms with Crippen LogP contribution in [0.2, 0.25) is 0 Å². The monoisotopic (exact) mass is 286 g/mol. The third kappa shape index (κ3) is 6.53. The average Bonchev–Trinajstić information content (AvgIpc) is 2.33. The summed E-state index contributed by atoms with van der Waals surface area (Å²) in [6.45, 7) is 11.7. The summed E-state index contributed by atoms with van der Waals surface area (Å²) in [5.74, 6) is 0.786. The van der Waals surface area contributed by atoms with Crippen LogP contribution in [0.3, 0.4) is 0 Å². The van der Waals surface area contributed by atoms with E-state index in [9.17, 15) is 0 Å². The summed E-state index contributed by atoms with van der Waals surface area (Å²) in [4.78, 5) is 2.60. The van der Waals surface area contributed by atoms with Gasteiger partial charge in [0.05, 0.1) is 6.61 Å². The topological polar surface area (TPSA) is 33.7 Å². The predicted octanol–water partition coefficient (Wildman–Crippen LogP) is 2.14. The van der Waals surface area contributed by atoms with Crippen molar-refractivity contribution in [3.63, 3.8) is 0 Å². The minimum Gasteiger partial charge on any atom is -0.385 e. The lowest BCUT2D eigenvalue weighted by atomic mass is 9.78. The smallest absolute Gasteiger partial charge is 0.0589 e. The third-order valence-electron chi connectivity index (χ3n) is 4.12. The first-order valence-corrected chi connectivity index (χ1v) is 7.95. The Bertz CT molecular complexity index is 253. The number of ether oxygens (including phenoxy) is 2. The first-order valence-electron chi connectivity index (χ1n) is 7.95. The van der Waals surface area contributed by atoms with Crippen LogP contribution in [-0.2, 0) is 9.47 Å². The van der Waals surface area contributed by atoms with Crippen molar-refractivity contribution in [3.05, 3.63) is 0 Å². The molecule has 0 amide bonds. The Hall–Kier alpha value is -0.160. The fourth-order valence-electron chi connectivity index (χ4n) is 2.77. The van der Waals surface area contributed by atoms with Gasteiger partial charge in [0.25, 0.3) is 0 Å². The van der Waals surface area contributed by atoms with Crippen LogP contribution < -0.4 is 5.32 Å². The van der Waals surface area contributed by atoms with Crippen LogP contribution in [0.5, 0.6) is 0 Å². The molecule has 0 aliphatic heterocycles. The minimum atomic E-state index is 0.216. The fraction of sp³-hybridized carbons (Fsp3) is 1.00. The van der Waals surface area contributed by atoms with Crippen LogP contribution in [0.4, 0.5) is 0 Å². The molecule has 0 aromatic heterocycles. The van der Waals surface area contributed by atoms with E-state index in [0.717, 1.165) is 51.2 Å². The van der Waals surface area contributed by atoms with E-state index in [1.54, 1.807) is 14.2 Å². The highest BCUT2D eigenvalue weighted by Crippen LogP contribution is 2.32. The zero-order valence-electron chi connectivity index (χ0n) is 14.1. The van der Waals surface area contributed by atoms with Gasteiger partial charge in [0, 0.05) is 45.5 Å². The maximum Gasteiger partial charge on any atom is 0.0589 e. The molecule has 120 valence electrons. The van der Waals surface area contributed by atoms with Gasteiger partial charge >= 0.3 is 0 Å². The van der Waals surface area contributed by atoms with Crippen LogP contribution >= 0.6 is 0 Å². The van der Waals surface area contributed by atoms with E-state index in [4.69, 9.17) is 9.47 Å². The Labute approximate surface area is 125 Å². The van der Waals surface area contributed by atoms with Gasteiger partial charge in [-0.3, -0.25) is 4.90 Å². The van der Waals surface area contributed by atoms with Gasteiger partial charge in [-0.1, -0.05) is 0 Å². The highest BCUT2D eigenvalue weighted by Gasteiger charge is 2.35. The molecule has 2 unspecified atom stereocenters. The van der Waals surface area contributed by atoms with Crippen molar-refractivity contribution in [1.29, 1.82) is 0 Å². The van der Waals surface area contributed by atoms with Gasteiger partial charge in [-0.25, -0.2) is 0 Å². The molecule has 0 spiro atoms. The standard InChI is InChI=1S/C16H34N2O2/c1-16(2,3)17-13-14-7-8-15(14)18(10-12-20-5)9-6-11-19-4/h14-15,17H,6-13H2,1-5H3. The molecule has 2 atom stereocenters. The molecule has 0 saturated heterocycles. The second-order valence-corrected chi connectivity index (χ2v) is 6.91. The van der Waals surface area contributed by atoms with E-state index >= 15 is 0 Å². The summed E-state index contributed by atoms with van der Waals surface area (Å²) in [6.07, 6.45) is 3.78. The van der Waals surface area contributed by atoms with Gasteiger partial charge in [0.15, 0.2) is 0 Å². The SMILES string of the molecule is COCCCN(CCOC)C1CCC1CNC(C)(C)C. The lowest BCUT2D eigenvalue weighted by molar-refractivity contribution is 0.0317. The molecule has 0 aromatic carbocycles. The van der Waals surface area contributed by atoms with Crippen LogP contribution in [-0.4, -0.2) is 63.5 Å². The molecule has 1 N–H and O–H groups in total. The van der Waals surface area contributed by atoms with Crippen LogP contribution in [0.1, 0.15) is 40.0 Å². The zero-order chi connectivity index (χ0) is 15.0. The predicted molar refractivity (Wildman–Crippen MR) is 84.2 cm³/mol. The van der Waals surface area contributed by atoms with Gasteiger partial charge < -0.3 is 14.8 Å². The van der Waals surface area contributed by atoms with Crippen molar-refractivity contribution in [3.8, 4) is 0 Å². The highest BCUT2D eigenvalue weighted by atomic mass is 16.5. The normalized spacial score (nSPS) is 23.1. The molecule has 1 saturated carbocycles. The molecule has 1 aliphatic rings. The molecular formula is C16H34N2O2. The van der Waals surface area contributed by atoms with Gasteiger partial charge in [-0.15, -0.1) is 0 Å². The molecule has 0 bridgehead atoms. The molecule has 1 aliphatic carbocycles. The maximum atomic E-state index is 5.26. The maximum absolute atomic E-state index is 5.26. The summed E-state index contributed by atoms with van der Waals surface area (Å²) in [7, 11) is 3.56. The van der Waals surface area contributed by atoms with E-state index in [2.05, 4.69) is 31.0 Å². The summed E-state index contributed by atoms with van der Waals surface area (Å²) >= 11 is 0. The number of nitrogens with one attached hydrogen (secondary N) is 1. The molecule has 0 radical (unpaired) electrons. The summed E-state index contributed by atoms with van der Waals surface area (Å²) in [6, 6.07) is 0.719. The average molecular weight is 286 g/mol. The molecule has 20 heavy (non-hydrogen) atoms. The van der Waals surface area contributed by atoms with Crippen molar-refractivity contribution in [2.45, 2.75) is 51.6 Å². The van der Waals surface area contributed by atoms with E-state index < -0.39 is 0 Å². The van der Waals surface area contributed by atoms with E-state index in [1.807, 2.05) is 0 Å². The number of rotatable bonds is 10. The molecule has 1 fully saturated rings. The van der Waals surface area contributed by atoms with Crippen LogP contribution in [0.25, 0.3) is 0 Å². The Kier molecular flexibility index (Phi) is 8.03. The Morgan fingerprint density at radius 3 is 2.25 bits per heavy atom.